The number of aliphatic hydroxyl groups excluding tert-OH is 1. The van der Waals surface area contributed by atoms with Crippen molar-refractivity contribution in [3.63, 3.8) is 0 Å². The standard InChI is InChI=1S/C22H30FN3O2/c1-2-9-25(18-21(27)17-24-11-13-28-14-12-24)16-20-7-5-10-26(20)15-19-6-3-4-8-22(19)23/h2-8,10,21,27H,1,9,11-18H2/p+2/t21-/m0/s1. The first kappa shape index (κ1) is 20.7. The predicted molar refractivity (Wildman–Crippen MR) is 107 cm³/mol. The Labute approximate surface area is 166 Å². The first-order chi connectivity index (χ1) is 13.7. The Morgan fingerprint density at radius 3 is 2.79 bits per heavy atom. The van der Waals surface area contributed by atoms with E-state index in [0.29, 0.717) is 18.7 Å². The van der Waals surface area contributed by atoms with Crippen LogP contribution in [-0.4, -0.2) is 61.7 Å². The highest BCUT2D eigenvalue weighted by molar-refractivity contribution is 5.19. The van der Waals surface area contributed by atoms with Crippen LogP contribution >= 0.6 is 0 Å². The van der Waals surface area contributed by atoms with Crippen LogP contribution in [0.5, 0.6) is 0 Å². The molecule has 2 aromatic rings. The van der Waals surface area contributed by atoms with Crippen LogP contribution in [0.25, 0.3) is 0 Å². The summed E-state index contributed by atoms with van der Waals surface area (Å²) in [6.07, 6.45) is 3.52. The number of hydrogen-bond acceptors (Lipinski definition) is 2. The number of halogens is 1. The summed E-state index contributed by atoms with van der Waals surface area (Å²) in [5.41, 5.74) is 1.81. The molecule has 6 heteroatoms. The van der Waals surface area contributed by atoms with Crippen LogP contribution in [0.3, 0.4) is 0 Å². The van der Waals surface area contributed by atoms with E-state index in [1.165, 1.54) is 15.9 Å². The molecular weight excluding hydrogens is 357 g/mol. The van der Waals surface area contributed by atoms with Crippen LogP contribution < -0.4 is 9.80 Å². The van der Waals surface area contributed by atoms with Crippen LogP contribution in [0.1, 0.15) is 11.3 Å². The number of morpholine rings is 1. The molecule has 3 rings (SSSR count). The van der Waals surface area contributed by atoms with Crippen LogP contribution in [0.2, 0.25) is 0 Å². The van der Waals surface area contributed by atoms with E-state index in [2.05, 4.69) is 17.2 Å². The summed E-state index contributed by atoms with van der Waals surface area (Å²) in [5.74, 6) is -0.179. The van der Waals surface area contributed by atoms with Gasteiger partial charge in [-0.1, -0.05) is 24.8 Å². The summed E-state index contributed by atoms with van der Waals surface area (Å²) in [6, 6.07) is 11.0. The van der Waals surface area contributed by atoms with E-state index in [4.69, 9.17) is 4.74 Å². The molecule has 28 heavy (non-hydrogen) atoms. The SMILES string of the molecule is C=CC[NH+](Cc1cccn1Cc1ccccc1F)C[C@@H](O)C[NH+]1CCOCC1. The van der Waals surface area contributed by atoms with Crippen molar-refractivity contribution in [3.05, 3.63) is 72.3 Å². The molecule has 0 saturated carbocycles. The number of hydrogen-bond donors (Lipinski definition) is 3. The van der Waals surface area contributed by atoms with Crippen molar-refractivity contribution in [1.82, 2.24) is 4.57 Å². The minimum Gasteiger partial charge on any atom is -0.382 e. The highest BCUT2D eigenvalue weighted by Crippen LogP contribution is 2.11. The van der Waals surface area contributed by atoms with Gasteiger partial charge in [0.25, 0.3) is 0 Å². The maximum absolute atomic E-state index is 14.0. The monoisotopic (exact) mass is 389 g/mol. The molecule has 152 valence electrons. The van der Waals surface area contributed by atoms with E-state index in [-0.39, 0.29) is 11.9 Å². The third-order valence-electron chi connectivity index (χ3n) is 5.33. The summed E-state index contributed by atoms with van der Waals surface area (Å²) in [7, 11) is 0. The van der Waals surface area contributed by atoms with Gasteiger partial charge in [-0.3, -0.25) is 0 Å². The Morgan fingerprint density at radius 2 is 2.04 bits per heavy atom. The lowest BCUT2D eigenvalue weighted by atomic mass is 10.2. The molecule has 2 atom stereocenters. The van der Waals surface area contributed by atoms with Crippen molar-refractivity contribution in [2.75, 3.05) is 45.9 Å². The van der Waals surface area contributed by atoms with E-state index in [0.717, 1.165) is 51.6 Å². The second-order valence-electron chi connectivity index (χ2n) is 7.56. The van der Waals surface area contributed by atoms with Gasteiger partial charge >= 0.3 is 0 Å². The number of quaternary nitrogens is 2. The van der Waals surface area contributed by atoms with E-state index in [1.54, 1.807) is 6.07 Å². The molecule has 1 aliphatic heterocycles. The molecule has 1 saturated heterocycles. The fourth-order valence-corrected chi connectivity index (χ4v) is 3.87. The maximum Gasteiger partial charge on any atom is 0.152 e. The van der Waals surface area contributed by atoms with Crippen LogP contribution in [0.4, 0.5) is 4.39 Å². The van der Waals surface area contributed by atoms with Crippen molar-refractivity contribution in [2.45, 2.75) is 19.2 Å². The fourth-order valence-electron chi connectivity index (χ4n) is 3.87. The summed E-state index contributed by atoms with van der Waals surface area (Å²) in [4.78, 5) is 2.66. The van der Waals surface area contributed by atoms with Crippen molar-refractivity contribution in [1.29, 1.82) is 0 Å². The van der Waals surface area contributed by atoms with Gasteiger partial charge in [-0.05, 0) is 24.3 Å². The molecule has 1 aromatic carbocycles. The molecule has 1 unspecified atom stereocenters. The van der Waals surface area contributed by atoms with Gasteiger partial charge in [-0.15, -0.1) is 0 Å². The number of rotatable bonds is 10. The van der Waals surface area contributed by atoms with Gasteiger partial charge in [-0.2, -0.15) is 0 Å². The second kappa shape index (κ2) is 10.5. The molecule has 3 N–H and O–H groups in total. The number of benzene rings is 1. The maximum atomic E-state index is 14.0. The van der Waals surface area contributed by atoms with Gasteiger partial charge < -0.3 is 24.2 Å². The Balaban J connectivity index is 1.60. The van der Waals surface area contributed by atoms with Crippen LogP contribution in [-0.2, 0) is 17.8 Å². The average molecular weight is 390 g/mol. The zero-order valence-corrected chi connectivity index (χ0v) is 16.4. The van der Waals surface area contributed by atoms with Crippen molar-refractivity contribution in [3.8, 4) is 0 Å². The predicted octanol–water partition coefficient (Wildman–Crippen LogP) is -0.478. The minimum absolute atomic E-state index is 0.179. The topological polar surface area (TPSA) is 43.3 Å². The van der Waals surface area contributed by atoms with Crippen molar-refractivity contribution < 1.29 is 24.0 Å². The Hall–Kier alpha value is -1.99. The quantitative estimate of drug-likeness (QED) is 0.481. The molecule has 1 fully saturated rings. The van der Waals surface area contributed by atoms with Gasteiger partial charge in [0.1, 0.15) is 38.5 Å². The van der Waals surface area contributed by atoms with Gasteiger partial charge in [-0.25, -0.2) is 4.39 Å². The largest absolute Gasteiger partial charge is 0.382 e. The molecule has 5 nitrogen and oxygen atoms in total. The van der Waals surface area contributed by atoms with Crippen LogP contribution in [0.15, 0.2) is 55.3 Å². The zero-order chi connectivity index (χ0) is 19.8. The van der Waals surface area contributed by atoms with E-state index >= 15 is 0 Å². The van der Waals surface area contributed by atoms with Crippen LogP contribution in [0, 0.1) is 5.82 Å². The Bertz CT molecular complexity index is 743. The average Bonchev–Trinajstić information content (AvgIpc) is 3.11. The molecular formula is C22H32FN3O2+2. The first-order valence-corrected chi connectivity index (χ1v) is 10.1. The molecule has 0 amide bonds. The molecule has 2 heterocycles. The third-order valence-corrected chi connectivity index (χ3v) is 5.33. The van der Waals surface area contributed by atoms with Gasteiger partial charge in [0, 0.05) is 11.8 Å². The lowest BCUT2D eigenvalue weighted by Crippen LogP contribution is -3.17. The highest BCUT2D eigenvalue weighted by atomic mass is 19.1. The normalized spacial score (nSPS) is 17.4. The third kappa shape index (κ3) is 6.01. The Morgan fingerprint density at radius 1 is 1.25 bits per heavy atom. The zero-order valence-electron chi connectivity index (χ0n) is 16.4. The van der Waals surface area contributed by atoms with Gasteiger partial charge in [0.15, 0.2) is 6.10 Å². The molecule has 0 bridgehead atoms. The van der Waals surface area contributed by atoms with Gasteiger partial charge in [0.2, 0.25) is 0 Å². The molecule has 0 aliphatic carbocycles. The lowest BCUT2D eigenvalue weighted by Gasteiger charge is -2.27. The number of nitrogens with zero attached hydrogens (tertiary/aromatic N) is 1. The lowest BCUT2D eigenvalue weighted by molar-refractivity contribution is -0.932. The number of ether oxygens (including phenoxy) is 1. The highest BCUT2D eigenvalue weighted by Gasteiger charge is 2.22. The summed E-state index contributed by atoms with van der Waals surface area (Å²) in [5, 5.41) is 10.6. The van der Waals surface area contributed by atoms with E-state index in [9.17, 15) is 9.50 Å². The molecule has 1 aliphatic rings. The Kier molecular flexibility index (Phi) is 7.80. The van der Waals surface area contributed by atoms with Crippen molar-refractivity contribution in [2.24, 2.45) is 0 Å². The fraction of sp³-hybridized carbons (Fsp3) is 0.455. The van der Waals surface area contributed by atoms with Crippen molar-refractivity contribution >= 4 is 0 Å². The smallest absolute Gasteiger partial charge is 0.152 e. The van der Waals surface area contributed by atoms with Gasteiger partial charge in [0.05, 0.1) is 32.0 Å². The van der Waals surface area contributed by atoms with E-state index < -0.39 is 0 Å². The summed E-state index contributed by atoms with van der Waals surface area (Å²) in [6.45, 7) is 10.8. The summed E-state index contributed by atoms with van der Waals surface area (Å²) < 4.78 is 21.5. The number of aliphatic hydroxyl groups is 1. The molecule has 0 spiro atoms. The second-order valence-corrected chi connectivity index (χ2v) is 7.56. The first-order valence-electron chi connectivity index (χ1n) is 10.1. The number of aromatic nitrogens is 1. The number of nitrogens with one attached hydrogen (secondary N) is 2. The molecule has 1 aromatic heterocycles. The molecule has 0 radical (unpaired) electrons. The minimum atomic E-state index is -0.363. The van der Waals surface area contributed by atoms with E-state index in [1.807, 2.05) is 30.5 Å². The summed E-state index contributed by atoms with van der Waals surface area (Å²) >= 11 is 0.